The molecule has 0 aliphatic rings. The predicted octanol–water partition coefficient (Wildman–Crippen LogP) is 3.94. The standard InChI is InChI=1S/C24H20N4O2/c1-16-4-9-18(10-5-16)27-24(29)22-14-20-21(25-15-26-23(20)28(22)2)13-8-17-6-11-19(30-3)12-7-17/h4-7,9-12,14-15H,1-3H3,(H,27,29). The van der Waals surface area contributed by atoms with Crippen molar-refractivity contribution in [1.82, 2.24) is 14.5 Å². The minimum Gasteiger partial charge on any atom is -0.497 e. The van der Waals surface area contributed by atoms with Gasteiger partial charge in [0.05, 0.1) is 12.5 Å². The van der Waals surface area contributed by atoms with Gasteiger partial charge in [-0.25, -0.2) is 9.97 Å². The molecule has 0 spiro atoms. The van der Waals surface area contributed by atoms with Crippen LogP contribution >= 0.6 is 0 Å². The van der Waals surface area contributed by atoms with Gasteiger partial charge in [0.2, 0.25) is 0 Å². The zero-order chi connectivity index (χ0) is 21.1. The molecule has 2 heterocycles. The number of hydrogen-bond acceptors (Lipinski definition) is 4. The summed E-state index contributed by atoms with van der Waals surface area (Å²) >= 11 is 0. The highest BCUT2D eigenvalue weighted by Gasteiger charge is 2.16. The molecular formula is C24H20N4O2. The van der Waals surface area contributed by atoms with Crippen LogP contribution in [0.5, 0.6) is 5.75 Å². The highest BCUT2D eigenvalue weighted by molar-refractivity contribution is 6.06. The summed E-state index contributed by atoms with van der Waals surface area (Å²) in [5.41, 5.74) is 4.42. The molecule has 0 atom stereocenters. The maximum absolute atomic E-state index is 12.8. The Kier molecular flexibility index (Phi) is 5.19. The first kappa shape index (κ1) is 19.2. The Labute approximate surface area is 174 Å². The van der Waals surface area contributed by atoms with Gasteiger partial charge in [-0.2, -0.15) is 0 Å². The van der Waals surface area contributed by atoms with Crippen LogP contribution in [0.4, 0.5) is 5.69 Å². The van der Waals surface area contributed by atoms with Crippen molar-refractivity contribution in [3.8, 4) is 17.6 Å². The average molecular weight is 396 g/mol. The molecule has 0 radical (unpaired) electrons. The largest absolute Gasteiger partial charge is 0.497 e. The van der Waals surface area contributed by atoms with Crippen LogP contribution in [0.3, 0.4) is 0 Å². The van der Waals surface area contributed by atoms with Crippen molar-refractivity contribution >= 4 is 22.6 Å². The molecule has 2 aromatic heterocycles. The summed E-state index contributed by atoms with van der Waals surface area (Å²) in [5, 5.41) is 3.65. The van der Waals surface area contributed by atoms with Gasteiger partial charge in [-0.1, -0.05) is 23.6 Å². The first-order chi connectivity index (χ1) is 14.5. The number of carbonyl (C=O) groups is 1. The smallest absolute Gasteiger partial charge is 0.272 e. The van der Waals surface area contributed by atoms with Crippen LogP contribution in [-0.2, 0) is 7.05 Å². The van der Waals surface area contributed by atoms with E-state index in [9.17, 15) is 4.79 Å². The fourth-order valence-electron chi connectivity index (χ4n) is 3.09. The molecule has 0 unspecified atom stereocenters. The molecule has 4 aromatic rings. The van der Waals surface area contributed by atoms with Crippen LogP contribution in [0.2, 0.25) is 0 Å². The molecule has 6 heteroatoms. The van der Waals surface area contributed by atoms with Gasteiger partial charge in [-0.15, -0.1) is 0 Å². The predicted molar refractivity (Wildman–Crippen MR) is 117 cm³/mol. The zero-order valence-electron chi connectivity index (χ0n) is 16.9. The Bertz CT molecular complexity index is 1280. The fourth-order valence-corrected chi connectivity index (χ4v) is 3.09. The third-order valence-corrected chi connectivity index (χ3v) is 4.78. The Morgan fingerprint density at radius 2 is 1.77 bits per heavy atom. The maximum Gasteiger partial charge on any atom is 0.272 e. The fraction of sp³-hybridized carbons (Fsp3) is 0.125. The van der Waals surface area contributed by atoms with Crippen molar-refractivity contribution in [2.24, 2.45) is 7.05 Å². The van der Waals surface area contributed by atoms with E-state index >= 15 is 0 Å². The normalized spacial score (nSPS) is 10.4. The SMILES string of the molecule is COc1ccc(C#Cc2ncnc3c2cc(C(=O)Nc2ccc(C)cc2)n3C)cc1. The molecule has 2 aromatic carbocycles. The minimum absolute atomic E-state index is 0.214. The molecule has 0 aliphatic carbocycles. The second kappa shape index (κ2) is 8.10. The number of amides is 1. The van der Waals surface area contributed by atoms with E-state index in [1.807, 2.05) is 55.5 Å². The number of carbonyl (C=O) groups excluding carboxylic acids is 1. The van der Waals surface area contributed by atoms with Crippen LogP contribution in [0.15, 0.2) is 60.9 Å². The highest BCUT2D eigenvalue weighted by Crippen LogP contribution is 2.20. The lowest BCUT2D eigenvalue weighted by Crippen LogP contribution is -2.15. The van der Waals surface area contributed by atoms with Gasteiger partial charge in [0.15, 0.2) is 0 Å². The van der Waals surface area contributed by atoms with E-state index in [0.717, 1.165) is 28.0 Å². The van der Waals surface area contributed by atoms with Crippen molar-refractivity contribution < 1.29 is 9.53 Å². The minimum atomic E-state index is -0.214. The van der Waals surface area contributed by atoms with Crippen molar-refractivity contribution in [1.29, 1.82) is 0 Å². The number of nitrogens with zero attached hydrogens (tertiary/aromatic N) is 3. The van der Waals surface area contributed by atoms with Gasteiger partial charge in [0, 0.05) is 18.3 Å². The zero-order valence-corrected chi connectivity index (χ0v) is 16.9. The van der Waals surface area contributed by atoms with Gasteiger partial charge in [0.25, 0.3) is 5.91 Å². The summed E-state index contributed by atoms with van der Waals surface area (Å²) in [6, 6.07) is 16.9. The molecule has 30 heavy (non-hydrogen) atoms. The van der Waals surface area contributed by atoms with Crippen molar-refractivity contribution in [2.45, 2.75) is 6.92 Å². The van der Waals surface area contributed by atoms with E-state index in [4.69, 9.17) is 4.74 Å². The average Bonchev–Trinajstić information content (AvgIpc) is 3.11. The topological polar surface area (TPSA) is 69.0 Å². The first-order valence-electron chi connectivity index (χ1n) is 9.39. The Morgan fingerprint density at radius 1 is 1.03 bits per heavy atom. The lowest BCUT2D eigenvalue weighted by Gasteiger charge is -2.06. The molecule has 1 N–H and O–H groups in total. The Balaban J connectivity index is 1.66. The molecule has 0 fully saturated rings. The monoisotopic (exact) mass is 396 g/mol. The van der Waals surface area contributed by atoms with Crippen LogP contribution in [0.25, 0.3) is 11.0 Å². The number of aryl methyl sites for hydroxylation is 2. The quantitative estimate of drug-likeness (QED) is 0.533. The molecule has 0 saturated carbocycles. The van der Waals surface area contributed by atoms with Crippen LogP contribution in [0.1, 0.15) is 27.3 Å². The maximum atomic E-state index is 12.8. The van der Waals surface area contributed by atoms with E-state index < -0.39 is 0 Å². The second-order valence-electron chi connectivity index (χ2n) is 6.85. The summed E-state index contributed by atoms with van der Waals surface area (Å²) in [5.74, 6) is 6.75. The number of methoxy groups -OCH3 is 1. The number of benzene rings is 2. The van der Waals surface area contributed by atoms with Crippen LogP contribution < -0.4 is 10.1 Å². The second-order valence-corrected chi connectivity index (χ2v) is 6.85. The number of ether oxygens (including phenoxy) is 1. The van der Waals surface area contributed by atoms with Gasteiger partial charge in [0.1, 0.15) is 29.1 Å². The molecule has 4 rings (SSSR count). The van der Waals surface area contributed by atoms with Gasteiger partial charge in [-0.05, 0) is 55.3 Å². The Morgan fingerprint density at radius 3 is 2.47 bits per heavy atom. The summed E-state index contributed by atoms with van der Waals surface area (Å²) in [6.07, 6.45) is 1.46. The van der Waals surface area contributed by atoms with Gasteiger partial charge >= 0.3 is 0 Å². The van der Waals surface area contributed by atoms with Crippen molar-refractivity contribution in [2.75, 3.05) is 12.4 Å². The summed E-state index contributed by atoms with van der Waals surface area (Å²) in [7, 11) is 3.43. The molecule has 0 aliphatic heterocycles. The first-order valence-corrected chi connectivity index (χ1v) is 9.39. The lowest BCUT2D eigenvalue weighted by atomic mass is 10.2. The summed E-state index contributed by atoms with van der Waals surface area (Å²) in [4.78, 5) is 21.4. The number of hydrogen-bond donors (Lipinski definition) is 1. The molecule has 1 amide bonds. The summed E-state index contributed by atoms with van der Waals surface area (Å²) in [6.45, 7) is 2.00. The number of nitrogens with one attached hydrogen (secondary N) is 1. The molecule has 148 valence electrons. The molecule has 6 nitrogen and oxygen atoms in total. The van der Waals surface area contributed by atoms with E-state index in [-0.39, 0.29) is 5.91 Å². The van der Waals surface area contributed by atoms with Gasteiger partial charge in [-0.3, -0.25) is 4.79 Å². The lowest BCUT2D eigenvalue weighted by molar-refractivity contribution is 0.101. The Hall–Kier alpha value is -4.11. The molecule has 0 saturated heterocycles. The van der Waals surface area contributed by atoms with Crippen LogP contribution in [-0.4, -0.2) is 27.6 Å². The number of anilines is 1. The van der Waals surface area contributed by atoms with Crippen molar-refractivity contribution in [3.63, 3.8) is 0 Å². The number of rotatable bonds is 3. The van der Waals surface area contributed by atoms with E-state index in [1.165, 1.54) is 6.33 Å². The highest BCUT2D eigenvalue weighted by atomic mass is 16.5. The van der Waals surface area contributed by atoms with E-state index in [2.05, 4.69) is 27.1 Å². The van der Waals surface area contributed by atoms with E-state index in [0.29, 0.717) is 17.0 Å². The van der Waals surface area contributed by atoms with E-state index in [1.54, 1.807) is 24.8 Å². The molecular weight excluding hydrogens is 376 g/mol. The number of fused-ring (bicyclic) bond motifs is 1. The summed E-state index contributed by atoms with van der Waals surface area (Å²) < 4.78 is 6.92. The van der Waals surface area contributed by atoms with Crippen molar-refractivity contribution in [3.05, 3.63) is 83.4 Å². The van der Waals surface area contributed by atoms with Gasteiger partial charge < -0.3 is 14.6 Å². The molecule has 0 bridgehead atoms. The number of aromatic nitrogens is 3. The third-order valence-electron chi connectivity index (χ3n) is 4.78. The van der Waals surface area contributed by atoms with Crippen LogP contribution in [0, 0.1) is 18.8 Å². The third kappa shape index (κ3) is 3.87.